The standard InChI is InChI=1S/C33H43N3O4S/c1-3-4-5-6-7-8-9-14-23-35(41(39,40)29-21-19-27(20-22-29)34-26(2)37)24-28(38)25-36-32-17-12-10-15-30(32)31-16-11-13-18-33(31)36/h10-13,15-22,28,38H,3-9,14,23-25H2,1-2H3,(H,34,37). The average molecular weight is 578 g/mol. The van der Waals surface area contributed by atoms with E-state index in [-0.39, 0.29) is 23.9 Å². The molecule has 4 aromatic rings. The number of para-hydroxylation sites is 2. The predicted octanol–water partition coefficient (Wildman–Crippen LogP) is 6.95. The Kier molecular flexibility index (Phi) is 11.0. The van der Waals surface area contributed by atoms with Crippen molar-refractivity contribution >= 4 is 43.4 Å². The molecule has 41 heavy (non-hydrogen) atoms. The molecule has 0 radical (unpaired) electrons. The first kappa shape index (κ1) is 30.8. The minimum atomic E-state index is -3.86. The van der Waals surface area contributed by atoms with Gasteiger partial charge in [-0.05, 0) is 42.8 Å². The Bertz CT molecular complexity index is 1480. The number of rotatable bonds is 16. The molecule has 0 aliphatic rings. The lowest BCUT2D eigenvalue weighted by Crippen LogP contribution is -2.39. The fraction of sp³-hybridized carbons (Fsp3) is 0.424. The molecule has 4 rings (SSSR count). The zero-order valence-electron chi connectivity index (χ0n) is 24.3. The highest BCUT2D eigenvalue weighted by molar-refractivity contribution is 7.89. The largest absolute Gasteiger partial charge is 0.390 e. The number of aliphatic hydroxyl groups excluding tert-OH is 1. The molecule has 0 bridgehead atoms. The molecule has 7 nitrogen and oxygen atoms in total. The van der Waals surface area contributed by atoms with E-state index in [1.165, 1.54) is 49.0 Å². The fourth-order valence-corrected chi connectivity index (χ4v) is 7.01. The summed E-state index contributed by atoms with van der Waals surface area (Å²) < 4.78 is 31.1. The van der Waals surface area contributed by atoms with Gasteiger partial charge in [0.2, 0.25) is 15.9 Å². The zero-order chi connectivity index (χ0) is 29.2. The number of unbranched alkanes of at least 4 members (excludes halogenated alkanes) is 7. The predicted molar refractivity (Wildman–Crippen MR) is 168 cm³/mol. The first-order chi connectivity index (χ1) is 19.8. The van der Waals surface area contributed by atoms with Crippen LogP contribution >= 0.6 is 0 Å². The van der Waals surface area contributed by atoms with Crippen molar-refractivity contribution in [2.45, 2.75) is 82.8 Å². The van der Waals surface area contributed by atoms with Gasteiger partial charge < -0.3 is 15.0 Å². The summed E-state index contributed by atoms with van der Waals surface area (Å²) >= 11 is 0. The van der Waals surface area contributed by atoms with Crippen molar-refractivity contribution in [2.24, 2.45) is 0 Å². The van der Waals surface area contributed by atoms with Crippen LogP contribution in [-0.4, -0.2) is 47.5 Å². The highest BCUT2D eigenvalue weighted by atomic mass is 32.2. The molecule has 1 aromatic heterocycles. The Morgan fingerprint density at radius 3 is 1.93 bits per heavy atom. The molecule has 0 saturated carbocycles. The number of carbonyl (C=O) groups excluding carboxylic acids is 1. The highest BCUT2D eigenvalue weighted by Crippen LogP contribution is 2.29. The normalized spacial score (nSPS) is 12.8. The Labute approximate surface area is 244 Å². The van der Waals surface area contributed by atoms with Gasteiger partial charge in [0.25, 0.3) is 0 Å². The van der Waals surface area contributed by atoms with Crippen LogP contribution in [0, 0.1) is 0 Å². The number of hydrogen-bond acceptors (Lipinski definition) is 4. The number of anilines is 1. The van der Waals surface area contributed by atoms with Crippen molar-refractivity contribution in [3.05, 3.63) is 72.8 Å². The third kappa shape index (κ3) is 7.97. The third-order valence-corrected chi connectivity index (χ3v) is 9.44. The average Bonchev–Trinajstić information content (AvgIpc) is 3.27. The van der Waals surface area contributed by atoms with Gasteiger partial charge in [-0.1, -0.05) is 88.3 Å². The second-order valence-corrected chi connectivity index (χ2v) is 12.8. The molecule has 8 heteroatoms. The number of fused-ring (bicyclic) bond motifs is 3. The molecular weight excluding hydrogens is 534 g/mol. The Hall–Kier alpha value is -3.20. The van der Waals surface area contributed by atoms with Crippen LogP contribution < -0.4 is 5.32 Å². The van der Waals surface area contributed by atoms with Crippen LogP contribution in [-0.2, 0) is 21.4 Å². The summed E-state index contributed by atoms with van der Waals surface area (Å²) in [5.41, 5.74) is 2.56. The molecule has 0 aliphatic heterocycles. The van der Waals surface area contributed by atoms with Crippen LogP contribution in [0.5, 0.6) is 0 Å². The van der Waals surface area contributed by atoms with E-state index in [1.54, 1.807) is 12.1 Å². The van der Waals surface area contributed by atoms with Gasteiger partial charge >= 0.3 is 0 Å². The van der Waals surface area contributed by atoms with Crippen molar-refractivity contribution in [2.75, 3.05) is 18.4 Å². The monoisotopic (exact) mass is 577 g/mol. The van der Waals surface area contributed by atoms with Gasteiger partial charge in [0.1, 0.15) is 0 Å². The summed E-state index contributed by atoms with van der Waals surface area (Å²) in [5.74, 6) is -0.217. The first-order valence-electron chi connectivity index (χ1n) is 14.8. The van der Waals surface area contributed by atoms with Crippen molar-refractivity contribution in [1.29, 1.82) is 0 Å². The van der Waals surface area contributed by atoms with Crippen LogP contribution in [0.4, 0.5) is 5.69 Å². The minimum absolute atomic E-state index is 0.00683. The van der Waals surface area contributed by atoms with Crippen molar-refractivity contribution in [1.82, 2.24) is 8.87 Å². The second-order valence-electron chi connectivity index (χ2n) is 10.8. The van der Waals surface area contributed by atoms with Gasteiger partial charge in [-0.2, -0.15) is 4.31 Å². The molecule has 2 N–H and O–H groups in total. The first-order valence-corrected chi connectivity index (χ1v) is 16.3. The molecule has 0 aliphatic carbocycles. The van der Waals surface area contributed by atoms with E-state index in [2.05, 4.69) is 28.9 Å². The maximum absolute atomic E-state index is 13.8. The number of nitrogens with zero attached hydrogens (tertiary/aromatic N) is 2. The van der Waals surface area contributed by atoms with Crippen LogP contribution in [0.1, 0.15) is 65.2 Å². The third-order valence-electron chi connectivity index (χ3n) is 7.56. The molecular formula is C33H43N3O4S. The topological polar surface area (TPSA) is 91.6 Å². The molecule has 3 aromatic carbocycles. The van der Waals surface area contributed by atoms with Gasteiger partial charge in [0.05, 0.1) is 17.5 Å². The molecule has 1 heterocycles. The number of nitrogens with one attached hydrogen (secondary N) is 1. The quantitative estimate of drug-likeness (QED) is 0.141. The van der Waals surface area contributed by atoms with Crippen LogP contribution in [0.3, 0.4) is 0 Å². The number of hydrogen-bond donors (Lipinski definition) is 2. The molecule has 220 valence electrons. The lowest BCUT2D eigenvalue weighted by atomic mass is 10.1. The van der Waals surface area contributed by atoms with Crippen molar-refractivity contribution < 1.29 is 18.3 Å². The van der Waals surface area contributed by atoms with Crippen molar-refractivity contribution in [3.63, 3.8) is 0 Å². The van der Waals surface area contributed by atoms with Crippen LogP contribution in [0.2, 0.25) is 0 Å². The number of sulfonamides is 1. The number of carbonyl (C=O) groups is 1. The summed E-state index contributed by atoms with van der Waals surface area (Å²) in [6.45, 7) is 4.23. The SMILES string of the molecule is CCCCCCCCCCN(CC(O)Cn1c2ccccc2c2ccccc21)S(=O)(=O)c1ccc(NC(C)=O)cc1. The molecule has 0 saturated heterocycles. The van der Waals surface area contributed by atoms with Crippen LogP contribution in [0.15, 0.2) is 77.7 Å². The molecule has 0 fully saturated rings. The number of benzene rings is 3. The summed E-state index contributed by atoms with van der Waals surface area (Å²) in [7, 11) is -3.86. The summed E-state index contributed by atoms with van der Waals surface area (Å²) in [5, 5.41) is 16.2. The Morgan fingerprint density at radius 1 is 0.829 bits per heavy atom. The van der Waals surface area contributed by atoms with Gasteiger partial charge in [-0.25, -0.2) is 8.42 Å². The van der Waals surface area contributed by atoms with E-state index in [0.29, 0.717) is 12.2 Å². The smallest absolute Gasteiger partial charge is 0.243 e. The Balaban J connectivity index is 1.51. The number of amides is 1. The summed E-state index contributed by atoms with van der Waals surface area (Å²) in [6.07, 6.45) is 7.96. The molecule has 0 spiro atoms. The van der Waals surface area contributed by atoms with Crippen LogP contribution in [0.25, 0.3) is 21.8 Å². The van der Waals surface area contributed by atoms with Gasteiger partial charge in [0.15, 0.2) is 0 Å². The van der Waals surface area contributed by atoms with E-state index < -0.39 is 16.1 Å². The molecule has 1 amide bonds. The van der Waals surface area contributed by atoms with E-state index in [4.69, 9.17) is 0 Å². The highest BCUT2D eigenvalue weighted by Gasteiger charge is 2.27. The second kappa shape index (κ2) is 14.6. The zero-order valence-corrected chi connectivity index (χ0v) is 25.1. The number of aromatic nitrogens is 1. The van der Waals surface area contributed by atoms with E-state index in [0.717, 1.165) is 47.5 Å². The van der Waals surface area contributed by atoms with E-state index in [9.17, 15) is 18.3 Å². The summed E-state index contributed by atoms with van der Waals surface area (Å²) in [4.78, 5) is 11.5. The lowest BCUT2D eigenvalue weighted by molar-refractivity contribution is -0.114. The maximum Gasteiger partial charge on any atom is 0.243 e. The fourth-order valence-electron chi connectivity index (χ4n) is 5.50. The van der Waals surface area contributed by atoms with Crippen molar-refractivity contribution in [3.8, 4) is 0 Å². The minimum Gasteiger partial charge on any atom is -0.390 e. The molecule has 1 unspecified atom stereocenters. The maximum atomic E-state index is 13.8. The lowest BCUT2D eigenvalue weighted by Gasteiger charge is -2.25. The Morgan fingerprint density at radius 2 is 1.37 bits per heavy atom. The molecule has 1 atom stereocenters. The van der Waals surface area contributed by atoms with Gasteiger partial charge in [0, 0.05) is 47.5 Å². The number of aliphatic hydroxyl groups is 1. The van der Waals surface area contributed by atoms with E-state index >= 15 is 0 Å². The summed E-state index contributed by atoms with van der Waals surface area (Å²) in [6, 6.07) is 22.4. The van der Waals surface area contributed by atoms with Gasteiger partial charge in [-0.15, -0.1) is 0 Å². The van der Waals surface area contributed by atoms with Gasteiger partial charge in [-0.3, -0.25) is 4.79 Å². The van der Waals surface area contributed by atoms with E-state index in [1.807, 2.05) is 36.4 Å².